The van der Waals surface area contributed by atoms with Crippen LogP contribution in [-0.2, 0) is 19.1 Å². The first kappa shape index (κ1) is 29.3. The van der Waals surface area contributed by atoms with E-state index in [1.54, 1.807) is 39.0 Å². The number of hydrogen-bond acceptors (Lipinski definition) is 7. The zero-order valence-electron chi connectivity index (χ0n) is 21.4. The maximum Gasteiger partial charge on any atom is 0.440 e. The number of hydrazine groups is 1. The van der Waals surface area contributed by atoms with E-state index in [2.05, 4.69) is 0 Å². The summed E-state index contributed by atoms with van der Waals surface area (Å²) in [5, 5.41) is 11.1. The van der Waals surface area contributed by atoms with Crippen LogP contribution >= 0.6 is 11.6 Å². The molecule has 0 aromatic heterocycles. The molecule has 0 aliphatic heterocycles. The largest absolute Gasteiger partial charge is 0.476 e. The summed E-state index contributed by atoms with van der Waals surface area (Å²) in [7, 11) is 0. The molecule has 0 radical (unpaired) electrons. The zero-order valence-corrected chi connectivity index (χ0v) is 22.1. The Morgan fingerprint density at radius 1 is 0.784 bits per heavy atom. The van der Waals surface area contributed by atoms with Gasteiger partial charge in [0.2, 0.25) is 0 Å². The van der Waals surface area contributed by atoms with Gasteiger partial charge in [-0.15, -0.1) is 5.01 Å². The predicted octanol–water partition coefficient (Wildman–Crippen LogP) is 4.77. The molecule has 0 saturated carbocycles. The zero-order chi connectivity index (χ0) is 28.1. The first-order valence-corrected chi connectivity index (χ1v) is 11.6. The molecular formula is C26H29ClN2O8. The number of carboxylic acid groups (broad SMARTS) is 1. The maximum atomic E-state index is 13.6. The van der Waals surface area contributed by atoms with Crippen LogP contribution in [0.4, 0.5) is 4.79 Å². The molecule has 2 rings (SSSR count). The van der Waals surface area contributed by atoms with Gasteiger partial charge in [0.25, 0.3) is 11.8 Å². The minimum atomic E-state index is -2.38. The van der Waals surface area contributed by atoms with Gasteiger partial charge in [0.1, 0.15) is 0 Å². The highest BCUT2D eigenvalue weighted by molar-refractivity contribution is 6.30. The van der Waals surface area contributed by atoms with E-state index in [9.17, 15) is 29.1 Å². The average molecular weight is 533 g/mol. The Balaban J connectivity index is 2.59. The van der Waals surface area contributed by atoms with Crippen LogP contribution in [0.25, 0.3) is 0 Å². The van der Waals surface area contributed by atoms with Crippen molar-refractivity contribution in [1.29, 1.82) is 0 Å². The molecule has 0 spiro atoms. The van der Waals surface area contributed by atoms with Crippen molar-refractivity contribution < 1.29 is 38.6 Å². The number of imide groups is 1. The number of esters is 1. The number of carbonyl (C=O) groups excluding carboxylic acids is 4. The van der Waals surface area contributed by atoms with E-state index in [0.717, 1.165) is 5.01 Å². The summed E-state index contributed by atoms with van der Waals surface area (Å²) >= 11 is 5.92. The Bertz CT molecular complexity index is 1170. The molecule has 1 unspecified atom stereocenters. The summed E-state index contributed by atoms with van der Waals surface area (Å²) in [6, 6.07) is 13.3. The molecule has 0 fully saturated rings. The van der Waals surface area contributed by atoms with E-state index in [4.69, 9.17) is 21.1 Å². The number of carbonyl (C=O) groups is 5. The van der Waals surface area contributed by atoms with Gasteiger partial charge >= 0.3 is 24.3 Å². The molecular weight excluding hydrogens is 504 g/mol. The topological polar surface area (TPSA) is 131 Å². The van der Waals surface area contributed by atoms with E-state index >= 15 is 0 Å². The number of nitrogens with zero attached hydrogens (tertiary/aromatic N) is 2. The van der Waals surface area contributed by atoms with Crippen molar-refractivity contribution in [2.24, 2.45) is 5.41 Å². The summed E-state index contributed by atoms with van der Waals surface area (Å²) in [5.41, 5.74) is -2.20. The van der Waals surface area contributed by atoms with Crippen LogP contribution < -0.4 is 0 Å². The highest BCUT2D eigenvalue weighted by Crippen LogP contribution is 2.25. The fourth-order valence-electron chi connectivity index (χ4n) is 2.91. The highest BCUT2D eigenvalue weighted by atomic mass is 35.5. The van der Waals surface area contributed by atoms with E-state index in [1.165, 1.54) is 57.2 Å². The smallest absolute Gasteiger partial charge is 0.440 e. The van der Waals surface area contributed by atoms with Crippen LogP contribution in [0.2, 0.25) is 5.02 Å². The van der Waals surface area contributed by atoms with Crippen molar-refractivity contribution in [1.82, 2.24) is 10.0 Å². The molecule has 2 aromatic carbocycles. The molecule has 0 aliphatic carbocycles. The number of benzene rings is 2. The third kappa shape index (κ3) is 7.53. The standard InChI is InChI=1S/C26H29ClN2O8/c1-25(2,3)23(34)36-22(21(32)33)37-24(35)28(19(30)17-12-14-18(27)15-13-17)29(26(4,5)6)20(31)16-10-8-7-9-11-16/h7-15,22H,1-6H3,(H,32,33). The number of halogens is 1. The van der Waals surface area contributed by atoms with Crippen LogP contribution in [0.5, 0.6) is 0 Å². The lowest BCUT2D eigenvalue weighted by molar-refractivity contribution is -0.195. The van der Waals surface area contributed by atoms with Gasteiger partial charge in [0.15, 0.2) is 0 Å². The first-order valence-electron chi connectivity index (χ1n) is 11.2. The second-order valence-electron chi connectivity index (χ2n) is 9.99. The molecule has 0 heterocycles. The molecule has 3 amide bonds. The number of ether oxygens (including phenoxy) is 2. The highest BCUT2D eigenvalue weighted by Gasteiger charge is 2.43. The average Bonchev–Trinajstić information content (AvgIpc) is 2.80. The van der Waals surface area contributed by atoms with Crippen molar-refractivity contribution in [3.63, 3.8) is 0 Å². The third-order valence-corrected chi connectivity index (χ3v) is 4.99. The molecule has 37 heavy (non-hydrogen) atoms. The van der Waals surface area contributed by atoms with Crippen LogP contribution in [0.3, 0.4) is 0 Å². The van der Waals surface area contributed by atoms with E-state index in [-0.39, 0.29) is 11.1 Å². The van der Waals surface area contributed by atoms with Gasteiger partial charge in [-0.2, -0.15) is 0 Å². The Hall–Kier alpha value is -3.92. The van der Waals surface area contributed by atoms with Crippen LogP contribution in [-0.4, -0.2) is 56.8 Å². The number of amides is 3. The number of carboxylic acids is 1. The number of hydrogen-bond donors (Lipinski definition) is 1. The number of rotatable bonds is 5. The lowest BCUT2D eigenvalue weighted by atomic mass is 9.97. The summed E-state index contributed by atoms with van der Waals surface area (Å²) in [4.78, 5) is 64.6. The normalized spacial score (nSPS) is 12.2. The van der Waals surface area contributed by atoms with Crippen molar-refractivity contribution in [3.8, 4) is 0 Å². The van der Waals surface area contributed by atoms with Gasteiger partial charge < -0.3 is 14.6 Å². The fraction of sp³-hybridized carbons (Fsp3) is 0.346. The Morgan fingerprint density at radius 2 is 1.30 bits per heavy atom. The first-order chi connectivity index (χ1) is 17.0. The molecule has 1 atom stereocenters. The van der Waals surface area contributed by atoms with Gasteiger partial charge in [-0.1, -0.05) is 29.8 Å². The van der Waals surface area contributed by atoms with Crippen molar-refractivity contribution in [3.05, 3.63) is 70.7 Å². The molecule has 0 aliphatic rings. The van der Waals surface area contributed by atoms with Gasteiger partial charge in [-0.05, 0) is 77.9 Å². The SMILES string of the molecule is CC(C)(C)C(=O)OC(OC(=O)N(C(=O)c1ccc(Cl)cc1)N(C(=O)c1ccccc1)C(C)(C)C)C(=O)O. The molecule has 0 bridgehead atoms. The summed E-state index contributed by atoms with van der Waals surface area (Å²) in [5.74, 6) is -4.50. The summed E-state index contributed by atoms with van der Waals surface area (Å²) in [6.45, 7) is 9.14. The number of aliphatic carboxylic acids is 1. The molecule has 0 saturated heterocycles. The molecule has 2 aromatic rings. The van der Waals surface area contributed by atoms with Crippen LogP contribution in [0, 0.1) is 5.41 Å². The summed E-state index contributed by atoms with van der Waals surface area (Å²) < 4.78 is 9.84. The van der Waals surface area contributed by atoms with Crippen LogP contribution in [0.15, 0.2) is 54.6 Å². The van der Waals surface area contributed by atoms with Gasteiger partial charge in [-0.25, -0.2) is 14.6 Å². The Morgan fingerprint density at radius 3 is 1.76 bits per heavy atom. The summed E-state index contributed by atoms with van der Waals surface area (Å²) in [6.07, 6.45) is -3.93. The second kappa shape index (κ2) is 11.4. The van der Waals surface area contributed by atoms with Crippen molar-refractivity contribution in [2.75, 3.05) is 0 Å². The second-order valence-corrected chi connectivity index (χ2v) is 10.4. The van der Waals surface area contributed by atoms with E-state index < -0.39 is 47.1 Å². The monoisotopic (exact) mass is 532 g/mol. The van der Waals surface area contributed by atoms with E-state index in [0.29, 0.717) is 10.0 Å². The van der Waals surface area contributed by atoms with Crippen molar-refractivity contribution in [2.45, 2.75) is 53.4 Å². The lowest BCUT2D eigenvalue weighted by Gasteiger charge is -2.41. The Labute approximate surface area is 219 Å². The predicted molar refractivity (Wildman–Crippen MR) is 133 cm³/mol. The third-order valence-electron chi connectivity index (χ3n) is 4.74. The fourth-order valence-corrected chi connectivity index (χ4v) is 3.03. The Kier molecular flexibility index (Phi) is 9.05. The minimum absolute atomic E-state index is 0.0463. The van der Waals surface area contributed by atoms with Gasteiger partial charge in [-0.3, -0.25) is 14.4 Å². The minimum Gasteiger partial charge on any atom is -0.476 e. The quantitative estimate of drug-likeness (QED) is 0.331. The van der Waals surface area contributed by atoms with Gasteiger partial charge in [0.05, 0.1) is 11.0 Å². The maximum absolute atomic E-state index is 13.6. The lowest BCUT2D eigenvalue weighted by Crippen LogP contribution is -2.61. The molecule has 198 valence electrons. The molecule has 10 nitrogen and oxygen atoms in total. The molecule has 11 heteroatoms. The molecule has 1 N–H and O–H groups in total. The van der Waals surface area contributed by atoms with Gasteiger partial charge in [0, 0.05) is 16.1 Å². The van der Waals surface area contributed by atoms with Crippen LogP contribution in [0.1, 0.15) is 62.3 Å². The van der Waals surface area contributed by atoms with Crippen molar-refractivity contribution >= 4 is 41.4 Å². The van der Waals surface area contributed by atoms with E-state index in [1.807, 2.05) is 0 Å².